The molecule has 6 nitrogen and oxygen atoms in total. The third-order valence-corrected chi connectivity index (χ3v) is 5.23. The Bertz CT molecular complexity index is 649. The van der Waals surface area contributed by atoms with E-state index in [4.69, 9.17) is 4.74 Å². The number of ether oxygens (including phenoxy) is 1. The van der Waals surface area contributed by atoms with E-state index in [9.17, 15) is 9.59 Å². The molecule has 2 atom stereocenters. The number of amides is 3. The largest absolute Gasteiger partial charge is 0.375 e. The number of morpholine rings is 1. The molecule has 3 amide bonds. The van der Waals surface area contributed by atoms with Gasteiger partial charge in [0, 0.05) is 31.9 Å². The van der Waals surface area contributed by atoms with E-state index in [1.165, 1.54) is 0 Å². The number of rotatable bonds is 3. The fourth-order valence-electron chi connectivity index (χ4n) is 3.71. The second kappa shape index (κ2) is 8.54. The Labute approximate surface area is 155 Å². The Hall–Kier alpha value is -2.08. The highest BCUT2D eigenvalue weighted by molar-refractivity contribution is 5.90. The molecule has 1 N–H and O–H groups in total. The standard InChI is InChI=1S/C20H29N3O3/c1-3-18-14-22(10-11-26-18)19(24)16-7-5-9-23(13-16)20(25)21-17-8-4-6-15(2)12-17/h4,6,8,12,16,18H,3,5,7,9-11,13-14H2,1-2H3,(H,21,25). The number of hydrogen-bond donors (Lipinski definition) is 1. The van der Waals surface area contributed by atoms with Crippen LogP contribution in [-0.4, -0.2) is 60.6 Å². The summed E-state index contributed by atoms with van der Waals surface area (Å²) in [4.78, 5) is 29.2. The van der Waals surface area contributed by atoms with Crippen LogP contribution in [0, 0.1) is 12.8 Å². The van der Waals surface area contributed by atoms with E-state index in [2.05, 4.69) is 12.2 Å². The third kappa shape index (κ3) is 4.55. The summed E-state index contributed by atoms with van der Waals surface area (Å²) in [5.41, 5.74) is 1.90. The maximum absolute atomic E-state index is 12.9. The molecule has 2 unspecified atom stereocenters. The molecule has 1 aromatic rings. The number of hydrogen-bond acceptors (Lipinski definition) is 3. The van der Waals surface area contributed by atoms with Gasteiger partial charge in [-0.2, -0.15) is 0 Å². The predicted octanol–water partition coefficient (Wildman–Crippen LogP) is 2.88. The van der Waals surface area contributed by atoms with Crippen molar-refractivity contribution in [1.82, 2.24) is 9.80 Å². The van der Waals surface area contributed by atoms with Crippen LogP contribution in [0.2, 0.25) is 0 Å². The highest BCUT2D eigenvalue weighted by atomic mass is 16.5. The lowest BCUT2D eigenvalue weighted by Crippen LogP contribution is -2.52. The van der Waals surface area contributed by atoms with Gasteiger partial charge in [-0.05, 0) is 43.9 Å². The van der Waals surface area contributed by atoms with Crippen LogP contribution in [0.25, 0.3) is 0 Å². The minimum atomic E-state index is -0.124. The molecular formula is C20H29N3O3. The van der Waals surface area contributed by atoms with E-state index in [1.54, 1.807) is 4.90 Å². The average molecular weight is 359 g/mol. The summed E-state index contributed by atoms with van der Waals surface area (Å²) in [6, 6.07) is 7.63. The van der Waals surface area contributed by atoms with Gasteiger partial charge in [-0.1, -0.05) is 19.1 Å². The molecule has 2 aliphatic rings. The van der Waals surface area contributed by atoms with Crippen molar-refractivity contribution >= 4 is 17.6 Å². The summed E-state index contributed by atoms with van der Waals surface area (Å²) in [6.45, 7) is 7.19. The molecule has 2 heterocycles. The smallest absolute Gasteiger partial charge is 0.321 e. The molecule has 2 aliphatic heterocycles. The van der Waals surface area contributed by atoms with Gasteiger partial charge in [0.15, 0.2) is 0 Å². The summed E-state index contributed by atoms with van der Waals surface area (Å²) in [6.07, 6.45) is 2.76. The lowest BCUT2D eigenvalue weighted by molar-refractivity contribution is -0.144. The van der Waals surface area contributed by atoms with Gasteiger partial charge in [0.05, 0.1) is 18.6 Å². The van der Waals surface area contributed by atoms with Crippen LogP contribution in [0.3, 0.4) is 0 Å². The van der Waals surface area contributed by atoms with Gasteiger partial charge < -0.3 is 19.9 Å². The summed E-state index contributed by atoms with van der Waals surface area (Å²) < 4.78 is 5.66. The number of benzene rings is 1. The maximum Gasteiger partial charge on any atom is 0.321 e. The Kier molecular flexibility index (Phi) is 6.14. The number of carbonyl (C=O) groups excluding carboxylic acids is 2. The number of nitrogens with one attached hydrogen (secondary N) is 1. The van der Waals surface area contributed by atoms with Crippen molar-refractivity contribution in [2.24, 2.45) is 5.92 Å². The summed E-state index contributed by atoms with van der Waals surface area (Å²) in [5, 5.41) is 2.95. The predicted molar refractivity (Wildman–Crippen MR) is 101 cm³/mol. The van der Waals surface area contributed by atoms with Gasteiger partial charge in [0.1, 0.15) is 0 Å². The molecule has 0 spiro atoms. The van der Waals surface area contributed by atoms with Crippen LogP contribution in [0.15, 0.2) is 24.3 Å². The zero-order valence-corrected chi connectivity index (χ0v) is 15.7. The highest BCUT2D eigenvalue weighted by Gasteiger charge is 2.33. The molecule has 142 valence electrons. The topological polar surface area (TPSA) is 61.9 Å². The van der Waals surface area contributed by atoms with Crippen molar-refractivity contribution in [2.45, 2.75) is 39.2 Å². The van der Waals surface area contributed by atoms with E-state index in [-0.39, 0.29) is 24.0 Å². The van der Waals surface area contributed by atoms with Crippen molar-refractivity contribution < 1.29 is 14.3 Å². The second-order valence-corrected chi connectivity index (χ2v) is 7.27. The van der Waals surface area contributed by atoms with Gasteiger partial charge in [-0.3, -0.25) is 4.79 Å². The monoisotopic (exact) mass is 359 g/mol. The van der Waals surface area contributed by atoms with Crippen molar-refractivity contribution in [3.8, 4) is 0 Å². The minimum Gasteiger partial charge on any atom is -0.375 e. The molecular weight excluding hydrogens is 330 g/mol. The first kappa shape index (κ1) is 18.7. The van der Waals surface area contributed by atoms with Crippen LogP contribution in [0.1, 0.15) is 31.7 Å². The van der Waals surface area contributed by atoms with Crippen molar-refractivity contribution in [3.63, 3.8) is 0 Å². The summed E-state index contributed by atoms with van der Waals surface area (Å²) in [7, 11) is 0. The number of aryl methyl sites for hydroxylation is 1. The van der Waals surface area contributed by atoms with E-state index in [0.717, 1.165) is 30.5 Å². The Balaban J connectivity index is 1.58. The lowest BCUT2D eigenvalue weighted by atomic mass is 9.96. The van der Waals surface area contributed by atoms with Gasteiger partial charge >= 0.3 is 6.03 Å². The lowest BCUT2D eigenvalue weighted by Gasteiger charge is -2.38. The van der Waals surface area contributed by atoms with Crippen molar-refractivity contribution in [1.29, 1.82) is 0 Å². The molecule has 26 heavy (non-hydrogen) atoms. The zero-order valence-electron chi connectivity index (χ0n) is 15.7. The van der Waals surface area contributed by atoms with Crippen LogP contribution >= 0.6 is 0 Å². The van der Waals surface area contributed by atoms with Gasteiger partial charge in [0.25, 0.3) is 0 Å². The molecule has 2 saturated heterocycles. The van der Waals surface area contributed by atoms with Crippen LogP contribution in [0.5, 0.6) is 0 Å². The number of likely N-dealkylation sites (tertiary alicyclic amines) is 1. The van der Waals surface area contributed by atoms with Crippen LogP contribution < -0.4 is 5.32 Å². The molecule has 1 aromatic carbocycles. The highest BCUT2D eigenvalue weighted by Crippen LogP contribution is 2.22. The molecule has 3 rings (SSSR count). The van der Waals surface area contributed by atoms with Crippen molar-refractivity contribution in [3.05, 3.63) is 29.8 Å². The zero-order chi connectivity index (χ0) is 18.5. The number of urea groups is 1. The first-order valence-electron chi connectivity index (χ1n) is 9.59. The van der Waals surface area contributed by atoms with Crippen LogP contribution in [0.4, 0.5) is 10.5 Å². The molecule has 0 aromatic heterocycles. The van der Waals surface area contributed by atoms with E-state index >= 15 is 0 Å². The number of carbonyl (C=O) groups is 2. The Morgan fingerprint density at radius 3 is 2.85 bits per heavy atom. The van der Waals surface area contributed by atoms with E-state index < -0.39 is 0 Å². The van der Waals surface area contributed by atoms with Gasteiger partial charge in [-0.25, -0.2) is 4.79 Å². The quantitative estimate of drug-likeness (QED) is 0.903. The molecule has 6 heteroatoms. The number of nitrogens with zero attached hydrogens (tertiary/aromatic N) is 2. The fraction of sp³-hybridized carbons (Fsp3) is 0.600. The fourth-order valence-corrected chi connectivity index (χ4v) is 3.71. The van der Waals surface area contributed by atoms with Gasteiger partial charge in [0.2, 0.25) is 5.91 Å². The summed E-state index contributed by atoms with van der Waals surface area (Å²) >= 11 is 0. The molecule has 2 fully saturated rings. The van der Waals surface area contributed by atoms with Gasteiger partial charge in [-0.15, -0.1) is 0 Å². The SMILES string of the molecule is CCC1CN(C(=O)C2CCCN(C(=O)Nc3cccc(C)c3)C2)CCO1. The first-order chi connectivity index (χ1) is 12.6. The van der Waals surface area contributed by atoms with Crippen molar-refractivity contribution in [2.75, 3.05) is 38.1 Å². The molecule has 0 bridgehead atoms. The third-order valence-electron chi connectivity index (χ3n) is 5.23. The number of piperidine rings is 1. The van der Waals surface area contributed by atoms with E-state index in [1.807, 2.05) is 36.1 Å². The summed E-state index contributed by atoms with van der Waals surface area (Å²) in [5.74, 6) is 0.0578. The number of anilines is 1. The molecule has 0 radical (unpaired) electrons. The average Bonchev–Trinajstić information content (AvgIpc) is 2.67. The van der Waals surface area contributed by atoms with E-state index in [0.29, 0.717) is 32.8 Å². The van der Waals surface area contributed by atoms with Crippen LogP contribution in [-0.2, 0) is 9.53 Å². The Morgan fingerprint density at radius 2 is 2.08 bits per heavy atom. The molecule has 0 saturated carbocycles. The first-order valence-corrected chi connectivity index (χ1v) is 9.59. The maximum atomic E-state index is 12.9. The minimum absolute atomic E-state index is 0.109. The second-order valence-electron chi connectivity index (χ2n) is 7.27. The molecule has 0 aliphatic carbocycles. The normalized spacial score (nSPS) is 23.6. The Morgan fingerprint density at radius 1 is 1.23 bits per heavy atom.